The molecule has 0 aliphatic heterocycles. The summed E-state index contributed by atoms with van der Waals surface area (Å²) in [4.78, 5) is 36.1. The molecule has 0 aromatic heterocycles. The molecular weight excluding hydrogens is 288 g/mol. The van der Waals surface area contributed by atoms with Crippen LogP contribution in [0.2, 0.25) is 0 Å². The Morgan fingerprint density at radius 1 is 1.22 bits per heavy atom. The first kappa shape index (κ1) is 16.4. The summed E-state index contributed by atoms with van der Waals surface area (Å²) in [6.45, 7) is 6.42. The van der Waals surface area contributed by atoms with Crippen molar-refractivity contribution in [3.63, 3.8) is 0 Å². The molecule has 0 saturated heterocycles. The summed E-state index contributed by atoms with van der Waals surface area (Å²) in [6.07, 6.45) is 8.24. The number of carbonyl (C=O) groups excluding carboxylic acids is 3. The van der Waals surface area contributed by atoms with Crippen LogP contribution < -0.4 is 0 Å². The van der Waals surface area contributed by atoms with Crippen molar-refractivity contribution in [2.24, 2.45) is 22.7 Å². The number of hydrogen-bond donors (Lipinski definition) is 0. The van der Waals surface area contributed by atoms with Gasteiger partial charge in [0.15, 0.2) is 0 Å². The maximum absolute atomic E-state index is 12.9. The van der Waals surface area contributed by atoms with Gasteiger partial charge in [-0.05, 0) is 49.5 Å². The van der Waals surface area contributed by atoms with E-state index in [4.69, 9.17) is 0 Å². The van der Waals surface area contributed by atoms with Crippen molar-refractivity contribution >= 4 is 18.4 Å². The van der Waals surface area contributed by atoms with Crippen molar-refractivity contribution in [2.45, 2.75) is 59.3 Å². The first-order valence-corrected chi connectivity index (χ1v) is 8.75. The van der Waals surface area contributed by atoms with Crippen LogP contribution in [-0.4, -0.2) is 18.4 Å². The van der Waals surface area contributed by atoms with E-state index in [1.165, 1.54) is 11.1 Å². The van der Waals surface area contributed by atoms with Crippen molar-refractivity contribution in [3.05, 3.63) is 22.8 Å². The van der Waals surface area contributed by atoms with Crippen LogP contribution in [-0.2, 0) is 14.4 Å². The Hall–Kier alpha value is -1.51. The molecule has 0 aromatic rings. The molecule has 0 radical (unpaired) electrons. The molecule has 3 atom stereocenters. The zero-order valence-electron chi connectivity index (χ0n) is 14.4. The average Bonchev–Trinajstić information content (AvgIpc) is 2.87. The highest BCUT2D eigenvalue weighted by molar-refractivity contribution is 5.94. The number of hydrogen-bond acceptors (Lipinski definition) is 3. The predicted molar refractivity (Wildman–Crippen MR) is 88.8 cm³/mol. The minimum atomic E-state index is -0.437. The van der Waals surface area contributed by atoms with E-state index in [0.717, 1.165) is 38.3 Å². The van der Waals surface area contributed by atoms with Gasteiger partial charge in [-0.25, -0.2) is 0 Å². The summed E-state index contributed by atoms with van der Waals surface area (Å²) in [5.74, 6) is 0.647. The van der Waals surface area contributed by atoms with Gasteiger partial charge >= 0.3 is 0 Å². The van der Waals surface area contributed by atoms with Crippen molar-refractivity contribution in [3.8, 4) is 0 Å². The van der Waals surface area contributed by atoms with Crippen LogP contribution >= 0.6 is 0 Å². The minimum absolute atomic E-state index is 0.0753. The van der Waals surface area contributed by atoms with Crippen molar-refractivity contribution in [2.75, 3.05) is 0 Å². The monoisotopic (exact) mass is 314 g/mol. The Kier molecular flexibility index (Phi) is 3.94. The third-order valence-corrected chi connectivity index (χ3v) is 6.62. The molecular formula is C20H26O3. The summed E-state index contributed by atoms with van der Waals surface area (Å²) in [5.41, 5.74) is 2.43. The number of fused-ring (bicyclic) bond motifs is 3. The fourth-order valence-corrected chi connectivity index (χ4v) is 5.06. The lowest BCUT2D eigenvalue weighted by Gasteiger charge is -2.48. The van der Waals surface area contributed by atoms with Crippen LogP contribution in [0.5, 0.6) is 0 Å². The fraction of sp³-hybridized carbons (Fsp3) is 0.650. The van der Waals surface area contributed by atoms with Gasteiger partial charge in [0.05, 0.1) is 0 Å². The van der Waals surface area contributed by atoms with Crippen LogP contribution in [0.3, 0.4) is 0 Å². The number of Topliss-reactive ketones (excluding diaryl/α,β-unsaturated/α-hetero) is 1. The molecule has 1 fully saturated rings. The summed E-state index contributed by atoms with van der Waals surface area (Å²) in [5, 5.41) is 0. The molecule has 3 aliphatic rings. The van der Waals surface area contributed by atoms with Crippen molar-refractivity contribution in [1.82, 2.24) is 0 Å². The van der Waals surface area contributed by atoms with E-state index in [0.29, 0.717) is 17.9 Å². The molecule has 0 spiro atoms. The number of carbonyl (C=O) groups is 3. The molecule has 3 rings (SSSR count). The van der Waals surface area contributed by atoms with Crippen LogP contribution in [0.1, 0.15) is 59.3 Å². The highest BCUT2D eigenvalue weighted by atomic mass is 16.1. The minimum Gasteiger partial charge on any atom is -0.302 e. The van der Waals surface area contributed by atoms with Gasteiger partial charge in [0.25, 0.3) is 0 Å². The molecule has 1 saturated carbocycles. The van der Waals surface area contributed by atoms with Gasteiger partial charge in [-0.3, -0.25) is 9.59 Å². The molecule has 0 amide bonds. The normalized spacial score (nSPS) is 37.1. The molecule has 0 heterocycles. The summed E-state index contributed by atoms with van der Waals surface area (Å²) >= 11 is 0. The second kappa shape index (κ2) is 5.54. The quantitative estimate of drug-likeness (QED) is 0.588. The standard InChI is InChI=1S/C20H26O3/c1-13(2)15-6-7-20(12-22)9-8-19(3)16(18(15)20)5-4-14(11-21)10-17(19)23/h4,11-13,16H,5-10H2,1-3H3/t16-,19-,20-/m0/s1. The van der Waals surface area contributed by atoms with Gasteiger partial charge in [-0.15, -0.1) is 0 Å². The van der Waals surface area contributed by atoms with Crippen molar-refractivity contribution < 1.29 is 14.4 Å². The molecule has 0 aromatic carbocycles. The zero-order valence-corrected chi connectivity index (χ0v) is 14.4. The van der Waals surface area contributed by atoms with E-state index in [1.54, 1.807) is 0 Å². The largest absolute Gasteiger partial charge is 0.302 e. The number of aldehydes is 2. The first-order valence-electron chi connectivity index (χ1n) is 8.75. The van der Waals surface area contributed by atoms with Crippen LogP contribution in [0.15, 0.2) is 22.8 Å². The summed E-state index contributed by atoms with van der Waals surface area (Å²) < 4.78 is 0. The molecule has 23 heavy (non-hydrogen) atoms. The SMILES string of the molecule is CC(C)C1=C2[C@@H]3CC=C(C=O)CC(=O)[C@@]3(C)CC[C@]2(C=O)CC1. The Morgan fingerprint density at radius 3 is 2.57 bits per heavy atom. The topological polar surface area (TPSA) is 51.2 Å². The van der Waals surface area contributed by atoms with E-state index in [-0.39, 0.29) is 23.5 Å². The number of ketones is 1. The van der Waals surface area contributed by atoms with Crippen molar-refractivity contribution in [1.29, 1.82) is 0 Å². The lowest BCUT2D eigenvalue weighted by Crippen LogP contribution is -2.46. The molecule has 0 unspecified atom stereocenters. The number of allylic oxidation sites excluding steroid dienone is 4. The van der Waals surface area contributed by atoms with E-state index in [1.807, 2.05) is 6.08 Å². The lowest BCUT2D eigenvalue weighted by molar-refractivity contribution is -0.133. The lowest BCUT2D eigenvalue weighted by atomic mass is 9.54. The fourth-order valence-electron chi connectivity index (χ4n) is 5.06. The van der Waals surface area contributed by atoms with Gasteiger partial charge in [-0.2, -0.15) is 0 Å². The molecule has 3 nitrogen and oxygen atoms in total. The Labute approximate surface area is 138 Å². The summed E-state index contributed by atoms with van der Waals surface area (Å²) in [7, 11) is 0. The molecule has 0 N–H and O–H groups in total. The van der Waals surface area contributed by atoms with E-state index in [9.17, 15) is 14.4 Å². The Morgan fingerprint density at radius 2 is 1.96 bits per heavy atom. The molecule has 3 aliphatic carbocycles. The van der Waals surface area contributed by atoms with E-state index in [2.05, 4.69) is 20.8 Å². The maximum atomic E-state index is 12.9. The van der Waals surface area contributed by atoms with Gasteiger partial charge in [0, 0.05) is 17.3 Å². The third-order valence-electron chi connectivity index (χ3n) is 6.62. The molecule has 3 heteroatoms. The highest BCUT2D eigenvalue weighted by Gasteiger charge is 2.56. The predicted octanol–water partition coefficient (Wildman–Crippen LogP) is 3.82. The first-order chi connectivity index (χ1) is 10.9. The highest BCUT2D eigenvalue weighted by Crippen LogP contribution is 2.61. The second-order valence-electron chi connectivity index (χ2n) is 8.07. The maximum Gasteiger partial charge on any atom is 0.146 e. The molecule has 0 bridgehead atoms. The van der Waals surface area contributed by atoms with Crippen LogP contribution in [0.4, 0.5) is 0 Å². The second-order valence-corrected chi connectivity index (χ2v) is 8.07. The Balaban J connectivity index is 2.16. The average molecular weight is 314 g/mol. The Bertz CT molecular complexity index is 625. The van der Waals surface area contributed by atoms with Gasteiger partial charge in [-0.1, -0.05) is 38.0 Å². The summed E-state index contributed by atoms with van der Waals surface area (Å²) in [6, 6.07) is 0. The van der Waals surface area contributed by atoms with Gasteiger partial charge in [0.1, 0.15) is 18.4 Å². The van der Waals surface area contributed by atoms with E-state index < -0.39 is 5.41 Å². The van der Waals surface area contributed by atoms with Crippen LogP contribution in [0, 0.1) is 22.7 Å². The smallest absolute Gasteiger partial charge is 0.146 e. The number of rotatable bonds is 3. The van der Waals surface area contributed by atoms with E-state index >= 15 is 0 Å². The zero-order chi connectivity index (χ0) is 16.8. The van der Waals surface area contributed by atoms with Gasteiger partial charge in [0.2, 0.25) is 0 Å². The van der Waals surface area contributed by atoms with Crippen LogP contribution in [0.25, 0.3) is 0 Å². The molecule has 124 valence electrons. The third kappa shape index (κ3) is 2.28. The van der Waals surface area contributed by atoms with Gasteiger partial charge < -0.3 is 4.79 Å².